The maximum Gasteiger partial charge on any atom is 0.243 e. The fraction of sp³-hybridized carbons (Fsp3) is 0.364. The Morgan fingerprint density at radius 1 is 1.06 bits per heavy atom. The smallest absolute Gasteiger partial charge is 0.243 e. The largest absolute Gasteiger partial charge is 0.348 e. The maximum absolute atomic E-state index is 12.3. The Labute approximate surface area is 205 Å². The highest BCUT2D eigenvalue weighted by molar-refractivity contribution is 7.99. The minimum absolute atomic E-state index is 0.0455. The van der Waals surface area contributed by atoms with Crippen molar-refractivity contribution >= 4 is 52.5 Å². The van der Waals surface area contributed by atoms with Gasteiger partial charge in [-0.2, -0.15) is 5.10 Å². The number of carbonyl (C=O) groups excluding carboxylic acids is 3. The Hall–Kier alpha value is -3.71. The number of rotatable bonds is 10. The Morgan fingerprint density at radius 3 is 2.43 bits per heavy atom. The topological polar surface area (TPSA) is 170 Å². The van der Waals surface area contributed by atoms with E-state index in [1.54, 1.807) is 6.07 Å². The standard InChI is InChI=1S/C22H26N8O4S/c1-12-10-18(29-28-12)24-16-11-17(25-19(31)8-9-20(32)30-34)27-22(26-16)35-15-6-4-14(5-7-15)23-21(33)13-2-3-13/h4-7,11,13,18,29,34H,2-3,8-10H2,1H3,(H,23,33)(H,30,32)(H2,24,25,26,27,31). The number of hydrogen-bond donors (Lipinski definition) is 6. The zero-order valence-corrected chi connectivity index (χ0v) is 19.8. The quantitative estimate of drug-likeness (QED) is 0.163. The van der Waals surface area contributed by atoms with E-state index < -0.39 is 11.8 Å². The molecule has 1 fully saturated rings. The number of benzene rings is 1. The van der Waals surface area contributed by atoms with Gasteiger partial charge in [-0.1, -0.05) is 0 Å². The van der Waals surface area contributed by atoms with Crippen LogP contribution < -0.4 is 26.9 Å². The van der Waals surface area contributed by atoms with Crippen molar-refractivity contribution in [2.45, 2.75) is 55.2 Å². The van der Waals surface area contributed by atoms with E-state index in [4.69, 9.17) is 5.21 Å². The number of aromatic nitrogens is 2. The van der Waals surface area contributed by atoms with Crippen molar-refractivity contribution in [1.29, 1.82) is 0 Å². The molecule has 1 aliphatic carbocycles. The minimum Gasteiger partial charge on any atom is -0.348 e. The van der Waals surface area contributed by atoms with E-state index in [0.29, 0.717) is 17.4 Å². The summed E-state index contributed by atoms with van der Waals surface area (Å²) in [5, 5.41) is 22.0. The Bertz CT molecular complexity index is 1140. The molecular formula is C22H26N8O4S. The van der Waals surface area contributed by atoms with E-state index in [-0.39, 0.29) is 36.7 Å². The first-order valence-electron chi connectivity index (χ1n) is 11.1. The summed E-state index contributed by atoms with van der Waals surface area (Å²) >= 11 is 1.30. The second-order valence-electron chi connectivity index (χ2n) is 8.27. The predicted octanol–water partition coefficient (Wildman–Crippen LogP) is 2.31. The third kappa shape index (κ3) is 7.39. The number of hydrazone groups is 1. The summed E-state index contributed by atoms with van der Waals surface area (Å²) in [6, 6.07) is 8.96. The van der Waals surface area contributed by atoms with Crippen molar-refractivity contribution in [3.63, 3.8) is 0 Å². The molecule has 4 rings (SSSR count). The molecule has 2 heterocycles. The number of anilines is 3. The average Bonchev–Trinajstić information content (AvgIpc) is 3.61. The lowest BCUT2D eigenvalue weighted by atomic mass is 10.2. The minimum atomic E-state index is -0.652. The van der Waals surface area contributed by atoms with E-state index in [1.807, 2.05) is 31.2 Å². The van der Waals surface area contributed by atoms with E-state index in [0.717, 1.165) is 29.1 Å². The fourth-order valence-electron chi connectivity index (χ4n) is 3.24. The van der Waals surface area contributed by atoms with Crippen LogP contribution in [0.5, 0.6) is 0 Å². The summed E-state index contributed by atoms with van der Waals surface area (Å²) in [6.07, 6.45) is 2.15. The summed E-state index contributed by atoms with van der Waals surface area (Å²) in [5.41, 5.74) is 6.16. The van der Waals surface area contributed by atoms with Crippen LogP contribution in [0.25, 0.3) is 0 Å². The molecule has 184 valence electrons. The van der Waals surface area contributed by atoms with Crippen molar-refractivity contribution in [2.24, 2.45) is 11.0 Å². The Balaban J connectivity index is 1.45. The van der Waals surface area contributed by atoms with E-state index in [9.17, 15) is 14.4 Å². The van der Waals surface area contributed by atoms with Gasteiger partial charge in [-0.05, 0) is 55.8 Å². The molecule has 1 aliphatic heterocycles. The molecular weight excluding hydrogens is 472 g/mol. The maximum atomic E-state index is 12.3. The molecule has 3 amide bonds. The van der Waals surface area contributed by atoms with Gasteiger partial charge in [0.15, 0.2) is 5.16 Å². The van der Waals surface area contributed by atoms with E-state index in [2.05, 4.69) is 36.4 Å². The first-order chi connectivity index (χ1) is 16.9. The van der Waals surface area contributed by atoms with E-state index in [1.165, 1.54) is 17.2 Å². The predicted molar refractivity (Wildman–Crippen MR) is 130 cm³/mol. The van der Waals surface area contributed by atoms with Gasteiger partial charge in [0, 0.05) is 47.5 Å². The lowest BCUT2D eigenvalue weighted by Crippen LogP contribution is -2.29. The lowest BCUT2D eigenvalue weighted by molar-refractivity contribution is -0.131. The lowest BCUT2D eigenvalue weighted by Gasteiger charge is -2.15. The van der Waals surface area contributed by atoms with Crippen LogP contribution in [0.1, 0.15) is 39.0 Å². The molecule has 35 heavy (non-hydrogen) atoms. The third-order valence-electron chi connectivity index (χ3n) is 5.19. The van der Waals surface area contributed by atoms with Gasteiger partial charge in [-0.25, -0.2) is 15.4 Å². The number of hydroxylamine groups is 1. The zero-order chi connectivity index (χ0) is 24.8. The van der Waals surface area contributed by atoms with Crippen LogP contribution in [0, 0.1) is 5.92 Å². The summed E-state index contributed by atoms with van der Waals surface area (Å²) in [5.74, 6) is -0.152. The molecule has 0 saturated heterocycles. The second-order valence-corrected chi connectivity index (χ2v) is 9.31. The van der Waals surface area contributed by atoms with Crippen LogP contribution in [0.4, 0.5) is 17.3 Å². The van der Waals surface area contributed by atoms with Crippen molar-refractivity contribution in [2.75, 3.05) is 16.0 Å². The summed E-state index contributed by atoms with van der Waals surface area (Å²) in [4.78, 5) is 45.2. The van der Waals surface area contributed by atoms with Gasteiger partial charge in [0.1, 0.15) is 17.8 Å². The van der Waals surface area contributed by atoms with Gasteiger partial charge in [0.25, 0.3) is 0 Å². The molecule has 2 aromatic rings. The summed E-state index contributed by atoms with van der Waals surface area (Å²) < 4.78 is 0. The SMILES string of the molecule is CC1=NNC(Nc2cc(NC(=O)CCC(=O)NO)nc(Sc3ccc(NC(=O)C4CC4)cc3)n2)C1. The number of carbonyl (C=O) groups is 3. The summed E-state index contributed by atoms with van der Waals surface area (Å²) in [7, 11) is 0. The van der Waals surface area contributed by atoms with Crippen molar-refractivity contribution < 1.29 is 19.6 Å². The van der Waals surface area contributed by atoms with Gasteiger partial charge in [-0.3, -0.25) is 25.0 Å². The van der Waals surface area contributed by atoms with Gasteiger partial charge in [0.05, 0.1) is 0 Å². The molecule has 0 spiro atoms. The van der Waals surface area contributed by atoms with Crippen LogP contribution >= 0.6 is 11.8 Å². The van der Waals surface area contributed by atoms with E-state index >= 15 is 0 Å². The number of nitrogens with zero attached hydrogens (tertiary/aromatic N) is 3. The molecule has 13 heteroatoms. The molecule has 0 bridgehead atoms. The van der Waals surface area contributed by atoms with Gasteiger partial charge < -0.3 is 16.0 Å². The summed E-state index contributed by atoms with van der Waals surface area (Å²) in [6.45, 7) is 1.92. The highest BCUT2D eigenvalue weighted by atomic mass is 32.2. The van der Waals surface area contributed by atoms with Crippen LogP contribution in [-0.4, -0.2) is 44.8 Å². The van der Waals surface area contributed by atoms with Crippen LogP contribution in [0.15, 0.2) is 45.5 Å². The molecule has 1 atom stereocenters. The zero-order valence-electron chi connectivity index (χ0n) is 19.0. The molecule has 0 radical (unpaired) electrons. The first kappa shape index (κ1) is 24.4. The van der Waals surface area contributed by atoms with Gasteiger partial charge >= 0.3 is 0 Å². The van der Waals surface area contributed by atoms with Crippen LogP contribution in [0.3, 0.4) is 0 Å². The van der Waals surface area contributed by atoms with Crippen LogP contribution in [0.2, 0.25) is 0 Å². The number of nitrogens with one attached hydrogen (secondary N) is 5. The average molecular weight is 499 g/mol. The van der Waals surface area contributed by atoms with Crippen molar-refractivity contribution in [3.05, 3.63) is 30.3 Å². The van der Waals surface area contributed by atoms with Gasteiger partial charge in [0.2, 0.25) is 17.7 Å². The van der Waals surface area contributed by atoms with Crippen molar-refractivity contribution in [1.82, 2.24) is 20.9 Å². The van der Waals surface area contributed by atoms with Crippen LogP contribution in [-0.2, 0) is 14.4 Å². The first-order valence-corrected chi connectivity index (χ1v) is 12.0. The highest BCUT2D eigenvalue weighted by Gasteiger charge is 2.29. The Kier molecular flexibility index (Phi) is 7.77. The monoisotopic (exact) mass is 498 g/mol. The molecule has 12 nitrogen and oxygen atoms in total. The molecule has 1 aromatic carbocycles. The molecule has 1 unspecified atom stereocenters. The third-order valence-corrected chi connectivity index (χ3v) is 6.06. The van der Waals surface area contributed by atoms with Gasteiger partial charge in [-0.15, -0.1) is 0 Å². The number of amides is 3. The normalized spacial score (nSPS) is 16.6. The molecule has 1 saturated carbocycles. The molecule has 6 N–H and O–H groups in total. The molecule has 2 aliphatic rings. The fourth-order valence-corrected chi connectivity index (χ4v) is 4.01. The highest BCUT2D eigenvalue weighted by Crippen LogP contribution is 2.31. The number of hydrogen-bond acceptors (Lipinski definition) is 10. The Morgan fingerprint density at radius 2 is 1.77 bits per heavy atom. The van der Waals surface area contributed by atoms with Crippen molar-refractivity contribution in [3.8, 4) is 0 Å². The molecule has 1 aromatic heterocycles. The second kappa shape index (κ2) is 11.1.